The normalized spacial score (nSPS) is 24.5. The molecular formula is C23H22ClF2N3O4S. The molecule has 11 heteroatoms. The van der Waals surface area contributed by atoms with Gasteiger partial charge in [-0.15, -0.1) is 0 Å². The molecule has 1 N–H and O–H groups in total. The van der Waals surface area contributed by atoms with Gasteiger partial charge in [-0.2, -0.15) is 0 Å². The number of halogens is 3. The van der Waals surface area contributed by atoms with E-state index in [0.29, 0.717) is 6.54 Å². The fourth-order valence-corrected chi connectivity index (χ4v) is 5.56. The number of hydrogen-bond acceptors (Lipinski definition) is 5. The third-order valence-electron chi connectivity index (χ3n) is 6.81. The minimum Gasteiger partial charge on any atom is -0.347 e. The van der Waals surface area contributed by atoms with Crippen LogP contribution in [0.5, 0.6) is 0 Å². The van der Waals surface area contributed by atoms with Gasteiger partial charge in [0.2, 0.25) is 5.91 Å². The Labute approximate surface area is 200 Å². The Bertz CT molecular complexity index is 1300. The average molecular weight is 510 g/mol. The van der Waals surface area contributed by atoms with Gasteiger partial charge in [-0.3, -0.25) is 9.59 Å². The van der Waals surface area contributed by atoms with Crippen LogP contribution >= 0.6 is 11.6 Å². The fourth-order valence-electron chi connectivity index (χ4n) is 4.82. The number of carbonyl (C=O) groups is 2. The second kappa shape index (κ2) is 8.27. The lowest BCUT2D eigenvalue weighted by molar-refractivity contribution is -0.126. The molecule has 180 valence electrons. The van der Waals surface area contributed by atoms with E-state index >= 15 is 0 Å². The molecule has 4 atom stereocenters. The first-order valence-corrected chi connectivity index (χ1v) is 13.2. The number of piperidine rings is 1. The lowest BCUT2D eigenvalue weighted by atomic mass is 10.00. The van der Waals surface area contributed by atoms with Gasteiger partial charge in [0.1, 0.15) is 17.7 Å². The van der Waals surface area contributed by atoms with Crippen LogP contribution in [0.2, 0.25) is 5.02 Å². The van der Waals surface area contributed by atoms with Crippen molar-refractivity contribution in [1.82, 2.24) is 15.2 Å². The second-order valence-corrected chi connectivity index (χ2v) is 11.7. The van der Waals surface area contributed by atoms with Gasteiger partial charge < -0.3 is 10.2 Å². The van der Waals surface area contributed by atoms with Crippen LogP contribution < -0.4 is 5.32 Å². The maximum absolute atomic E-state index is 14.6. The quantitative estimate of drug-likeness (QED) is 0.603. The Morgan fingerprint density at radius 1 is 1.21 bits per heavy atom. The summed E-state index contributed by atoms with van der Waals surface area (Å²) in [7, 11) is -3.61. The molecule has 2 aliphatic carbocycles. The molecule has 7 nitrogen and oxygen atoms in total. The molecule has 2 saturated carbocycles. The van der Waals surface area contributed by atoms with Gasteiger partial charge in [0, 0.05) is 30.1 Å². The number of nitrogens with one attached hydrogen (secondary N) is 1. The van der Waals surface area contributed by atoms with E-state index < -0.39 is 45.4 Å². The summed E-state index contributed by atoms with van der Waals surface area (Å²) in [5.41, 5.74) is 0.159. The molecule has 34 heavy (non-hydrogen) atoms. The van der Waals surface area contributed by atoms with Crippen LogP contribution in [0, 0.1) is 29.4 Å². The van der Waals surface area contributed by atoms with Crippen molar-refractivity contribution in [3.63, 3.8) is 0 Å². The number of pyridine rings is 1. The number of amides is 2. The monoisotopic (exact) mass is 509 g/mol. The average Bonchev–Trinajstić information content (AvgIpc) is 3.71. The van der Waals surface area contributed by atoms with Crippen LogP contribution in [0.25, 0.3) is 0 Å². The van der Waals surface area contributed by atoms with Crippen LogP contribution in [-0.4, -0.2) is 49.0 Å². The minimum absolute atomic E-state index is 0.0215. The van der Waals surface area contributed by atoms with Gasteiger partial charge in [0.15, 0.2) is 14.9 Å². The Balaban J connectivity index is 1.40. The third kappa shape index (κ3) is 4.29. The largest absolute Gasteiger partial charge is 0.347 e. The van der Waals surface area contributed by atoms with E-state index in [9.17, 15) is 26.8 Å². The molecule has 0 radical (unpaired) electrons. The van der Waals surface area contributed by atoms with E-state index in [1.807, 2.05) is 0 Å². The van der Waals surface area contributed by atoms with E-state index in [2.05, 4.69) is 10.3 Å². The molecule has 1 aliphatic heterocycles. The number of nitrogens with zero attached hydrogens (tertiary/aromatic N) is 2. The van der Waals surface area contributed by atoms with Crippen LogP contribution in [0.3, 0.4) is 0 Å². The number of carbonyl (C=O) groups excluding carboxylic acids is 2. The number of likely N-dealkylation sites (tertiary alicyclic amines) is 1. The molecule has 2 aromatic rings. The van der Waals surface area contributed by atoms with Crippen LogP contribution in [0.4, 0.5) is 8.78 Å². The standard InChI is InChI=1S/C23H22ClF2N3O4S/c1-34(32,33)19-7-12(4-5-27-19)23(31)29-10-13-6-14(13)21(29)22(30)28-20(11-2-3-11)15-8-18(26)16(24)9-17(15)25/h4-5,7-9,11,13-14,20-21H,2-3,6,10H2,1H3,(H,28,30)/t13-,14-,20-,21-/m1/s1. The Kier molecular flexibility index (Phi) is 5.63. The topological polar surface area (TPSA) is 96.4 Å². The van der Waals surface area contributed by atoms with Crippen molar-refractivity contribution in [2.24, 2.45) is 17.8 Å². The first kappa shape index (κ1) is 23.2. The zero-order valence-electron chi connectivity index (χ0n) is 18.2. The number of sulfone groups is 1. The van der Waals surface area contributed by atoms with Crippen molar-refractivity contribution in [2.75, 3.05) is 12.8 Å². The van der Waals surface area contributed by atoms with Crippen LogP contribution in [0.15, 0.2) is 35.5 Å². The summed E-state index contributed by atoms with van der Waals surface area (Å²) in [6.45, 7) is 0.371. The van der Waals surface area contributed by atoms with Gasteiger partial charge in [-0.1, -0.05) is 11.6 Å². The summed E-state index contributed by atoms with van der Waals surface area (Å²) >= 11 is 5.68. The SMILES string of the molecule is CS(=O)(=O)c1cc(C(=O)N2C[C@H]3C[C@H]3[C@@H]2C(=O)N[C@@H](c2cc(F)c(Cl)cc2F)C2CC2)ccn1. The van der Waals surface area contributed by atoms with E-state index in [4.69, 9.17) is 11.6 Å². The van der Waals surface area contributed by atoms with E-state index in [-0.39, 0.29) is 38.9 Å². The maximum atomic E-state index is 14.6. The molecule has 0 bridgehead atoms. The predicted octanol–water partition coefficient (Wildman–Crippen LogP) is 3.14. The molecule has 1 aromatic heterocycles. The summed E-state index contributed by atoms with van der Waals surface area (Å²) < 4.78 is 52.4. The second-order valence-electron chi connectivity index (χ2n) is 9.33. The van der Waals surface area contributed by atoms with E-state index in [0.717, 1.165) is 37.7 Å². The van der Waals surface area contributed by atoms with E-state index in [1.165, 1.54) is 23.2 Å². The van der Waals surface area contributed by atoms with Gasteiger partial charge >= 0.3 is 0 Å². The van der Waals surface area contributed by atoms with Gasteiger partial charge in [-0.25, -0.2) is 22.2 Å². The van der Waals surface area contributed by atoms with Crippen molar-refractivity contribution in [3.8, 4) is 0 Å². The third-order valence-corrected chi connectivity index (χ3v) is 8.08. The number of hydrogen-bond donors (Lipinski definition) is 1. The molecule has 1 aromatic carbocycles. The highest BCUT2D eigenvalue weighted by atomic mass is 35.5. The molecule has 3 fully saturated rings. The van der Waals surface area contributed by atoms with Crippen LogP contribution in [0.1, 0.15) is 41.2 Å². The Morgan fingerprint density at radius 2 is 1.94 bits per heavy atom. The fraction of sp³-hybridized carbons (Fsp3) is 0.435. The van der Waals surface area contributed by atoms with Crippen molar-refractivity contribution < 1.29 is 26.8 Å². The maximum Gasteiger partial charge on any atom is 0.254 e. The van der Waals surface area contributed by atoms with Crippen molar-refractivity contribution in [3.05, 3.63) is 58.2 Å². The summed E-state index contributed by atoms with van der Waals surface area (Å²) in [4.78, 5) is 31.9. The molecule has 5 rings (SSSR count). The first-order chi connectivity index (χ1) is 16.0. The Hall–Kier alpha value is -2.59. The van der Waals surface area contributed by atoms with Crippen molar-refractivity contribution in [1.29, 1.82) is 0 Å². The van der Waals surface area contributed by atoms with Crippen LogP contribution in [-0.2, 0) is 14.6 Å². The highest BCUT2D eigenvalue weighted by molar-refractivity contribution is 7.90. The molecule has 0 spiro atoms. The minimum atomic E-state index is -3.61. The summed E-state index contributed by atoms with van der Waals surface area (Å²) in [6, 6.07) is 3.03. The smallest absolute Gasteiger partial charge is 0.254 e. The van der Waals surface area contributed by atoms with Crippen molar-refractivity contribution >= 4 is 33.3 Å². The lowest BCUT2D eigenvalue weighted by Crippen LogP contribution is -2.49. The number of rotatable bonds is 6. The Morgan fingerprint density at radius 3 is 2.62 bits per heavy atom. The molecule has 3 aliphatic rings. The summed E-state index contributed by atoms with van der Waals surface area (Å²) in [5, 5.41) is 2.31. The number of aromatic nitrogens is 1. The van der Waals surface area contributed by atoms with Crippen molar-refractivity contribution in [2.45, 2.75) is 36.4 Å². The highest BCUT2D eigenvalue weighted by Crippen LogP contribution is 2.50. The molecule has 2 amide bonds. The lowest BCUT2D eigenvalue weighted by Gasteiger charge is -2.29. The van der Waals surface area contributed by atoms with Gasteiger partial charge in [0.05, 0.1) is 11.1 Å². The molecule has 0 unspecified atom stereocenters. The van der Waals surface area contributed by atoms with E-state index in [1.54, 1.807) is 0 Å². The molecular weight excluding hydrogens is 488 g/mol. The number of fused-ring (bicyclic) bond motifs is 1. The number of benzene rings is 1. The zero-order valence-corrected chi connectivity index (χ0v) is 19.7. The molecule has 2 heterocycles. The highest BCUT2D eigenvalue weighted by Gasteiger charge is 2.57. The summed E-state index contributed by atoms with van der Waals surface area (Å²) in [5.74, 6) is -2.23. The predicted molar refractivity (Wildman–Crippen MR) is 119 cm³/mol. The summed E-state index contributed by atoms with van der Waals surface area (Å²) in [6.07, 6.45) is 4.57. The zero-order chi connectivity index (χ0) is 24.4. The molecule has 1 saturated heterocycles. The van der Waals surface area contributed by atoms with Gasteiger partial charge in [-0.05, 0) is 61.3 Å². The first-order valence-electron chi connectivity index (χ1n) is 11.0. The van der Waals surface area contributed by atoms with Gasteiger partial charge in [0.25, 0.3) is 5.91 Å².